The Labute approximate surface area is 134 Å². The first kappa shape index (κ1) is 16.1. The molecule has 2 N–H and O–H groups in total. The van der Waals surface area contributed by atoms with Gasteiger partial charge in [-0.05, 0) is 30.5 Å². The zero-order chi connectivity index (χ0) is 16.7. The van der Waals surface area contributed by atoms with Crippen LogP contribution in [0.5, 0.6) is 0 Å². The predicted molar refractivity (Wildman–Crippen MR) is 84.1 cm³/mol. The van der Waals surface area contributed by atoms with Crippen molar-refractivity contribution >= 4 is 10.0 Å². The molecule has 0 aliphatic carbocycles. The number of para-hydroxylation sites is 1. The number of benzene rings is 1. The minimum atomic E-state index is -3.65. The van der Waals surface area contributed by atoms with E-state index < -0.39 is 15.8 Å². The van der Waals surface area contributed by atoms with E-state index in [1.165, 1.54) is 27.4 Å². The van der Waals surface area contributed by atoms with E-state index in [1.807, 2.05) is 6.92 Å². The maximum absolute atomic E-state index is 13.8. The largest absolute Gasteiger partial charge is 0.330 e. The molecular formula is C15H19FN4O2S. The number of nitrogens with zero attached hydrogens (tertiary/aromatic N) is 3. The van der Waals surface area contributed by atoms with E-state index in [0.29, 0.717) is 19.6 Å². The second-order valence-electron chi connectivity index (χ2n) is 6.18. The molecule has 0 amide bonds. The summed E-state index contributed by atoms with van der Waals surface area (Å²) in [4.78, 5) is 0.0574. The quantitative estimate of drug-likeness (QED) is 0.913. The van der Waals surface area contributed by atoms with Gasteiger partial charge in [0, 0.05) is 13.1 Å². The Balaban J connectivity index is 1.90. The van der Waals surface area contributed by atoms with Crippen LogP contribution < -0.4 is 5.73 Å². The molecule has 1 aromatic carbocycles. The first-order chi connectivity index (χ1) is 10.9. The van der Waals surface area contributed by atoms with Gasteiger partial charge in [-0.1, -0.05) is 19.1 Å². The summed E-state index contributed by atoms with van der Waals surface area (Å²) in [5.41, 5.74) is 5.74. The van der Waals surface area contributed by atoms with E-state index in [1.54, 1.807) is 18.2 Å². The molecular weight excluding hydrogens is 319 g/mol. The lowest BCUT2D eigenvalue weighted by Crippen LogP contribution is -2.34. The van der Waals surface area contributed by atoms with Crippen LogP contribution >= 0.6 is 0 Å². The molecule has 1 aromatic heterocycles. The minimum absolute atomic E-state index is 0.0574. The van der Waals surface area contributed by atoms with Crippen LogP contribution in [0.15, 0.2) is 41.6 Å². The second kappa shape index (κ2) is 5.70. The number of nitrogens with two attached hydrogens (primary N) is 1. The molecule has 6 nitrogen and oxygen atoms in total. The van der Waals surface area contributed by atoms with Crippen molar-refractivity contribution in [2.75, 3.05) is 19.6 Å². The fourth-order valence-corrected chi connectivity index (χ4v) is 4.23. The van der Waals surface area contributed by atoms with E-state index in [2.05, 4.69) is 5.10 Å². The molecule has 0 saturated carbocycles. The van der Waals surface area contributed by atoms with Gasteiger partial charge in [0.15, 0.2) is 0 Å². The van der Waals surface area contributed by atoms with Crippen LogP contribution in [-0.4, -0.2) is 42.1 Å². The van der Waals surface area contributed by atoms with Crippen LogP contribution in [0, 0.1) is 11.2 Å². The lowest BCUT2D eigenvalue weighted by atomic mass is 9.90. The highest BCUT2D eigenvalue weighted by atomic mass is 32.2. The molecule has 23 heavy (non-hydrogen) atoms. The molecule has 1 atom stereocenters. The third-order valence-electron chi connectivity index (χ3n) is 4.31. The van der Waals surface area contributed by atoms with Gasteiger partial charge in [-0.3, -0.25) is 0 Å². The Morgan fingerprint density at radius 3 is 2.78 bits per heavy atom. The van der Waals surface area contributed by atoms with Crippen LogP contribution in [0.2, 0.25) is 0 Å². The van der Waals surface area contributed by atoms with Crippen LogP contribution in [0.1, 0.15) is 13.3 Å². The summed E-state index contributed by atoms with van der Waals surface area (Å²) in [6.07, 6.45) is 3.32. The Morgan fingerprint density at radius 2 is 2.13 bits per heavy atom. The topological polar surface area (TPSA) is 81.2 Å². The Kier molecular flexibility index (Phi) is 3.99. The van der Waals surface area contributed by atoms with E-state index in [9.17, 15) is 12.8 Å². The summed E-state index contributed by atoms with van der Waals surface area (Å²) in [5.74, 6) is -0.462. The van der Waals surface area contributed by atoms with E-state index >= 15 is 0 Å². The highest BCUT2D eigenvalue weighted by Crippen LogP contribution is 2.32. The third kappa shape index (κ3) is 2.89. The van der Waals surface area contributed by atoms with Gasteiger partial charge in [0.25, 0.3) is 0 Å². The molecule has 0 bridgehead atoms. The average molecular weight is 338 g/mol. The summed E-state index contributed by atoms with van der Waals surface area (Å²) >= 11 is 0. The molecule has 1 saturated heterocycles. The molecule has 3 rings (SSSR count). The number of aromatic nitrogens is 2. The van der Waals surface area contributed by atoms with Gasteiger partial charge in [-0.25, -0.2) is 17.5 Å². The van der Waals surface area contributed by atoms with Crippen LogP contribution in [-0.2, 0) is 10.0 Å². The summed E-state index contributed by atoms with van der Waals surface area (Å²) in [6, 6.07) is 6.08. The Hall–Kier alpha value is -1.77. The monoisotopic (exact) mass is 338 g/mol. The van der Waals surface area contributed by atoms with Crippen LogP contribution in [0.25, 0.3) is 5.69 Å². The maximum Gasteiger partial charge on any atom is 0.246 e. The van der Waals surface area contributed by atoms with Gasteiger partial charge in [0.05, 0.1) is 12.4 Å². The van der Waals surface area contributed by atoms with Crippen LogP contribution in [0.4, 0.5) is 4.39 Å². The van der Waals surface area contributed by atoms with Crippen molar-refractivity contribution in [3.63, 3.8) is 0 Å². The molecule has 8 heteroatoms. The molecule has 124 valence electrons. The Bertz CT molecular complexity index is 820. The lowest BCUT2D eigenvalue weighted by molar-refractivity contribution is 0.349. The van der Waals surface area contributed by atoms with Crippen LogP contribution in [0.3, 0.4) is 0 Å². The SMILES string of the molecule is CC1(CN)CCN(S(=O)(=O)c2cnn(-c3ccccc3F)c2)C1. The fraction of sp³-hybridized carbons (Fsp3) is 0.400. The number of hydrogen-bond acceptors (Lipinski definition) is 4. The van der Waals surface area contributed by atoms with Crippen molar-refractivity contribution in [1.29, 1.82) is 0 Å². The lowest BCUT2D eigenvalue weighted by Gasteiger charge is -2.21. The molecule has 2 aromatic rings. The zero-order valence-corrected chi connectivity index (χ0v) is 13.6. The summed E-state index contributed by atoms with van der Waals surface area (Å²) in [5, 5.41) is 3.99. The smallest absolute Gasteiger partial charge is 0.246 e. The summed E-state index contributed by atoms with van der Waals surface area (Å²) in [6.45, 7) is 3.23. The first-order valence-corrected chi connectivity index (χ1v) is 8.80. The van der Waals surface area contributed by atoms with Crippen molar-refractivity contribution in [1.82, 2.24) is 14.1 Å². The van der Waals surface area contributed by atoms with Gasteiger partial charge < -0.3 is 5.73 Å². The van der Waals surface area contributed by atoms with E-state index in [-0.39, 0.29) is 16.0 Å². The predicted octanol–water partition coefficient (Wildman–Crippen LogP) is 1.37. The number of hydrogen-bond donors (Lipinski definition) is 1. The molecule has 0 spiro atoms. The standard InChI is InChI=1S/C15H19FN4O2S/c1-15(10-17)6-7-19(11-15)23(21,22)12-8-18-20(9-12)14-5-3-2-4-13(14)16/h2-5,8-9H,6-7,10-11,17H2,1H3. The average Bonchev–Trinajstić information content (AvgIpc) is 3.16. The zero-order valence-electron chi connectivity index (χ0n) is 12.8. The molecule has 2 heterocycles. The number of rotatable bonds is 4. The third-order valence-corrected chi connectivity index (χ3v) is 6.11. The summed E-state index contributed by atoms with van der Waals surface area (Å²) < 4.78 is 41.9. The normalized spacial score (nSPS) is 22.6. The van der Waals surface area contributed by atoms with E-state index in [0.717, 1.165) is 6.42 Å². The van der Waals surface area contributed by atoms with Crippen molar-refractivity contribution in [2.24, 2.45) is 11.1 Å². The highest BCUT2D eigenvalue weighted by Gasteiger charge is 2.39. The Morgan fingerprint density at radius 1 is 1.39 bits per heavy atom. The van der Waals surface area contributed by atoms with Gasteiger partial charge in [-0.15, -0.1) is 0 Å². The van der Waals surface area contributed by atoms with Crippen molar-refractivity contribution in [3.8, 4) is 5.69 Å². The fourth-order valence-electron chi connectivity index (χ4n) is 2.71. The van der Waals surface area contributed by atoms with Gasteiger partial charge in [0.1, 0.15) is 16.4 Å². The van der Waals surface area contributed by atoms with Gasteiger partial charge in [0.2, 0.25) is 10.0 Å². The number of halogens is 1. The van der Waals surface area contributed by atoms with Gasteiger partial charge >= 0.3 is 0 Å². The number of sulfonamides is 1. The van der Waals surface area contributed by atoms with Crippen molar-refractivity contribution in [3.05, 3.63) is 42.5 Å². The molecule has 1 unspecified atom stereocenters. The van der Waals surface area contributed by atoms with Gasteiger partial charge in [-0.2, -0.15) is 9.40 Å². The molecule has 1 aliphatic rings. The van der Waals surface area contributed by atoms with Crippen molar-refractivity contribution in [2.45, 2.75) is 18.2 Å². The minimum Gasteiger partial charge on any atom is -0.330 e. The second-order valence-corrected chi connectivity index (χ2v) is 8.11. The first-order valence-electron chi connectivity index (χ1n) is 7.36. The van der Waals surface area contributed by atoms with Crippen molar-refractivity contribution < 1.29 is 12.8 Å². The molecule has 1 aliphatic heterocycles. The molecule has 0 radical (unpaired) electrons. The van der Waals surface area contributed by atoms with E-state index in [4.69, 9.17) is 5.73 Å². The maximum atomic E-state index is 13.8. The molecule has 1 fully saturated rings. The summed E-state index contributed by atoms with van der Waals surface area (Å²) in [7, 11) is -3.65. The highest BCUT2D eigenvalue weighted by molar-refractivity contribution is 7.89.